The highest BCUT2D eigenvalue weighted by atomic mass is 79.9. The van der Waals surface area contributed by atoms with Gasteiger partial charge in [-0.2, -0.15) is 0 Å². The van der Waals surface area contributed by atoms with E-state index in [0.29, 0.717) is 0 Å². The average molecular weight is 340 g/mol. The van der Waals surface area contributed by atoms with Gasteiger partial charge in [0.25, 0.3) is 0 Å². The van der Waals surface area contributed by atoms with Crippen molar-refractivity contribution in [1.29, 1.82) is 0 Å². The van der Waals surface area contributed by atoms with Gasteiger partial charge in [0.2, 0.25) is 0 Å². The Bertz CT molecular complexity index is 531. The highest BCUT2D eigenvalue weighted by molar-refractivity contribution is 9.10. The number of hydrogen-bond acceptors (Lipinski definition) is 2. The minimum atomic E-state index is 0.141. The molecule has 0 radical (unpaired) electrons. The highest BCUT2D eigenvalue weighted by Crippen LogP contribution is 2.28. The van der Waals surface area contributed by atoms with Crippen molar-refractivity contribution >= 4 is 27.5 Å². The standard InChI is InChI=1S/C15H16BrClN2/c1-2-7-19-15(12-4-3-8-18-10-12)11-5-6-14(17)13(16)9-11/h3-6,8-10,15,19H,2,7H2,1H3. The minimum absolute atomic E-state index is 0.141. The number of nitrogens with zero attached hydrogens (tertiary/aromatic N) is 1. The molecule has 0 aliphatic carbocycles. The van der Waals surface area contributed by atoms with Gasteiger partial charge < -0.3 is 5.32 Å². The molecule has 0 saturated carbocycles. The molecule has 0 aliphatic rings. The Balaban J connectivity index is 2.34. The fraction of sp³-hybridized carbons (Fsp3) is 0.267. The van der Waals surface area contributed by atoms with Gasteiger partial charge in [-0.05, 0) is 58.2 Å². The molecule has 0 aliphatic heterocycles. The van der Waals surface area contributed by atoms with Crippen LogP contribution < -0.4 is 5.32 Å². The summed E-state index contributed by atoms with van der Waals surface area (Å²) in [6.07, 6.45) is 4.78. The minimum Gasteiger partial charge on any atom is -0.306 e. The van der Waals surface area contributed by atoms with Crippen LogP contribution in [0.3, 0.4) is 0 Å². The molecule has 0 saturated heterocycles. The zero-order chi connectivity index (χ0) is 13.7. The van der Waals surface area contributed by atoms with Crippen LogP contribution in [0, 0.1) is 0 Å². The van der Waals surface area contributed by atoms with Crippen LogP contribution in [-0.4, -0.2) is 11.5 Å². The lowest BCUT2D eigenvalue weighted by Crippen LogP contribution is -2.23. The van der Waals surface area contributed by atoms with Crippen molar-refractivity contribution in [2.75, 3.05) is 6.54 Å². The predicted octanol–water partition coefficient (Wildman–Crippen LogP) is 4.59. The first-order valence-electron chi connectivity index (χ1n) is 6.30. The van der Waals surface area contributed by atoms with E-state index in [1.54, 1.807) is 6.20 Å². The molecular weight excluding hydrogens is 324 g/mol. The van der Waals surface area contributed by atoms with Crippen LogP contribution in [-0.2, 0) is 0 Å². The van der Waals surface area contributed by atoms with Crippen molar-refractivity contribution in [3.8, 4) is 0 Å². The van der Waals surface area contributed by atoms with Gasteiger partial charge in [-0.1, -0.05) is 30.7 Å². The Hall–Kier alpha value is -0.900. The molecule has 19 heavy (non-hydrogen) atoms. The van der Waals surface area contributed by atoms with E-state index in [-0.39, 0.29) is 6.04 Å². The summed E-state index contributed by atoms with van der Waals surface area (Å²) in [5.74, 6) is 0. The van der Waals surface area contributed by atoms with E-state index in [0.717, 1.165) is 28.0 Å². The second kappa shape index (κ2) is 7.04. The molecule has 0 fully saturated rings. The molecular formula is C15H16BrClN2. The third-order valence-corrected chi connectivity index (χ3v) is 4.11. The molecule has 0 bridgehead atoms. The monoisotopic (exact) mass is 338 g/mol. The smallest absolute Gasteiger partial charge is 0.0592 e. The van der Waals surface area contributed by atoms with Crippen LogP contribution >= 0.6 is 27.5 Å². The molecule has 0 amide bonds. The lowest BCUT2D eigenvalue weighted by atomic mass is 10.00. The van der Waals surface area contributed by atoms with Crippen LogP contribution in [0.2, 0.25) is 5.02 Å². The van der Waals surface area contributed by atoms with E-state index in [9.17, 15) is 0 Å². The number of aromatic nitrogens is 1. The van der Waals surface area contributed by atoms with Gasteiger partial charge in [0, 0.05) is 16.9 Å². The van der Waals surface area contributed by atoms with Gasteiger partial charge in [0.15, 0.2) is 0 Å². The SMILES string of the molecule is CCCNC(c1cccnc1)c1ccc(Cl)c(Br)c1. The molecule has 1 unspecified atom stereocenters. The normalized spacial score (nSPS) is 12.4. The van der Waals surface area contributed by atoms with Crippen molar-refractivity contribution in [3.05, 3.63) is 63.3 Å². The van der Waals surface area contributed by atoms with E-state index in [2.05, 4.69) is 45.3 Å². The second-order valence-corrected chi connectivity index (χ2v) is 5.61. The number of rotatable bonds is 5. The number of hydrogen-bond donors (Lipinski definition) is 1. The van der Waals surface area contributed by atoms with E-state index < -0.39 is 0 Å². The molecule has 2 nitrogen and oxygen atoms in total. The van der Waals surface area contributed by atoms with Crippen LogP contribution in [0.1, 0.15) is 30.5 Å². The summed E-state index contributed by atoms with van der Waals surface area (Å²) < 4.78 is 0.916. The Morgan fingerprint density at radius 2 is 2.16 bits per heavy atom. The third kappa shape index (κ3) is 3.78. The maximum absolute atomic E-state index is 6.06. The summed E-state index contributed by atoms with van der Waals surface area (Å²) in [5.41, 5.74) is 2.34. The molecule has 2 aromatic rings. The summed E-state index contributed by atoms with van der Waals surface area (Å²) >= 11 is 9.54. The van der Waals surface area contributed by atoms with Crippen molar-refractivity contribution in [1.82, 2.24) is 10.3 Å². The van der Waals surface area contributed by atoms with Crippen LogP contribution in [0.5, 0.6) is 0 Å². The predicted molar refractivity (Wildman–Crippen MR) is 83.5 cm³/mol. The first-order chi connectivity index (χ1) is 9.22. The molecule has 1 N–H and O–H groups in total. The van der Waals surface area contributed by atoms with Crippen molar-refractivity contribution in [2.45, 2.75) is 19.4 Å². The van der Waals surface area contributed by atoms with Gasteiger partial charge in [-0.3, -0.25) is 4.98 Å². The zero-order valence-electron chi connectivity index (χ0n) is 10.7. The molecule has 2 rings (SSSR count). The van der Waals surface area contributed by atoms with Gasteiger partial charge in [-0.15, -0.1) is 0 Å². The first-order valence-corrected chi connectivity index (χ1v) is 7.47. The van der Waals surface area contributed by atoms with Crippen molar-refractivity contribution in [3.63, 3.8) is 0 Å². The Labute approximate surface area is 127 Å². The van der Waals surface area contributed by atoms with E-state index in [4.69, 9.17) is 11.6 Å². The number of nitrogens with one attached hydrogen (secondary N) is 1. The summed E-state index contributed by atoms with van der Waals surface area (Å²) in [6.45, 7) is 3.12. The molecule has 0 spiro atoms. The lowest BCUT2D eigenvalue weighted by molar-refractivity contribution is 0.597. The second-order valence-electron chi connectivity index (χ2n) is 4.35. The average Bonchev–Trinajstić information content (AvgIpc) is 2.44. The molecule has 4 heteroatoms. The van der Waals surface area contributed by atoms with Crippen molar-refractivity contribution < 1.29 is 0 Å². The number of benzene rings is 1. The summed E-state index contributed by atoms with van der Waals surface area (Å²) in [5, 5.41) is 4.27. The Morgan fingerprint density at radius 1 is 1.32 bits per heavy atom. The van der Waals surface area contributed by atoms with Gasteiger partial charge in [0.1, 0.15) is 0 Å². The van der Waals surface area contributed by atoms with Crippen LogP contribution in [0.25, 0.3) is 0 Å². The number of halogens is 2. The van der Waals surface area contributed by atoms with Crippen LogP contribution in [0.4, 0.5) is 0 Å². The van der Waals surface area contributed by atoms with Gasteiger partial charge >= 0.3 is 0 Å². The molecule has 1 heterocycles. The van der Waals surface area contributed by atoms with E-state index in [1.165, 1.54) is 5.56 Å². The van der Waals surface area contributed by atoms with Gasteiger partial charge in [0.05, 0.1) is 11.1 Å². The van der Waals surface area contributed by atoms with Gasteiger partial charge in [-0.25, -0.2) is 0 Å². The van der Waals surface area contributed by atoms with E-state index >= 15 is 0 Å². The quantitative estimate of drug-likeness (QED) is 0.862. The van der Waals surface area contributed by atoms with E-state index in [1.807, 2.05) is 24.4 Å². The highest BCUT2D eigenvalue weighted by Gasteiger charge is 2.14. The molecule has 1 aromatic carbocycles. The van der Waals surface area contributed by atoms with Crippen molar-refractivity contribution in [2.24, 2.45) is 0 Å². The Morgan fingerprint density at radius 3 is 2.79 bits per heavy atom. The van der Waals surface area contributed by atoms with Crippen LogP contribution in [0.15, 0.2) is 47.2 Å². The number of pyridine rings is 1. The maximum Gasteiger partial charge on any atom is 0.0592 e. The Kier molecular flexibility index (Phi) is 5.37. The summed E-state index contributed by atoms with van der Waals surface area (Å²) in [7, 11) is 0. The molecule has 100 valence electrons. The first kappa shape index (κ1) is 14.5. The lowest BCUT2D eigenvalue weighted by Gasteiger charge is -2.19. The zero-order valence-corrected chi connectivity index (χ0v) is 13.1. The largest absolute Gasteiger partial charge is 0.306 e. The molecule has 1 atom stereocenters. The maximum atomic E-state index is 6.06. The summed E-state index contributed by atoms with van der Waals surface area (Å²) in [6, 6.07) is 10.2. The molecule has 1 aromatic heterocycles. The summed E-state index contributed by atoms with van der Waals surface area (Å²) in [4.78, 5) is 4.20. The third-order valence-electron chi connectivity index (χ3n) is 2.89. The fourth-order valence-corrected chi connectivity index (χ4v) is 2.47. The fourth-order valence-electron chi connectivity index (χ4n) is 1.96. The topological polar surface area (TPSA) is 24.9 Å².